The van der Waals surface area contributed by atoms with E-state index in [-0.39, 0.29) is 10.5 Å². The van der Waals surface area contributed by atoms with Crippen molar-refractivity contribution in [1.82, 2.24) is 0 Å². The van der Waals surface area contributed by atoms with Crippen molar-refractivity contribution in [3.63, 3.8) is 0 Å². The Labute approximate surface area is 208 Å². The Balaban J connectivity index is 1.65. The number of benzene rings is 3. The SMILES string of the molecule is CCCCCC1CCc2c(cc(F)c(-c3ccc(-c4cc(F)c(SC#N)c(F)c4)c(C)c3)c2F)C1. The van der Waals surface area contributed by atoms with Gasteiger partial charge in [0.15, 0.2) is 0 Å². The molecule has 0 aromatic heterocycles. The summed E-state index contributed by atoms with van der Waals surface area (Å²) in [5, 5.41) is 10.4. The van der Waals surface area contributed by atoms with Crippen LogP contribution in [0.2, 0.25) is 0 Å². The fourth-order valence-corrected chi connectivity index (χ4v) is 5.52. The van der Waals surface area contributed by atoms with E-state index in [2.05, 4.69) is 6.92 Å². The third-order valence-corrected chi connectivity index (χ3v) is 7.60. The van der Waals surface area contributed by atoms with E-state index in [0.29, 0.717) is 58.3 Å². The van der Waals surface area contributed by atoms with Gasteiger partial charge in [-0.25, -0.2) is 17.6 Å². The quantitative estimate of drug-likeness (QED) is 0.141. The topological polar surface area (TPSA) is 23.8 Å². The lowest BCUT2D eigenvalue weighted by Crippen LogP contribution is -2.17. The normalized spacial score (nSPS) is 15.1. The van der Waals surface area contributed by atoms with Crippen molar-refractivity contribution in [3.8, 4) is 27.7 Å². The van der Waals surface area contributed by atoms with Crippen molar-refractivity contribution in [3.05, 3.63) is 76.4 Å². The summed E-state index contributed by atoms with van der Waals surface area (Å²) in [5.41, 5.74) is 3.19. The minimum atomic E-state index is -0.824. The molecule has 0 bridgehead atoms. The van der Waals surface area contributed by atoms with Crippen molar-refractivity contribution in [2.45, 2.75) is 63.7 Å². The molecule has 1 atom stereocenters. The predicted octanol–water partition coefficient (Wildman–Crippen LogP) is 9.14. The number of thiocyanates is 1. The average Bonchev–Trinajstić information content (AvgIpc) is 2.81. The van der Waals surface area contributed by atoms with E-state index in [4.69, 9.17) is 5.26 Å². The summed E-state index contributed by atoms with van der Waals surface area (Å²) in [6.45, 7) is 3.90. The van der Waals surface area contributed by atoms with Crippen LogP contribution in [0.1, 0.15) is 55.7 Å². The van der Waals surface area contributed by atoms with E-state index in [1.54, 1.807) is 30.5 Å². The molecular formula is C29H27F4NS. The third-order valence-electron chi connectivity index (χ3n) is 6.91. The molecule has 0 saturated heterocycles. The Hall–Kier alpha value is -2.78. The zero-order valence-corrected chi connectivity index (χ0v) is 20.7. The maximum atomic E-state index is 15.5. The molecule has 0 N–H and O–H groups in total. The summed E-state index contributed by atoms with van der Waals surface area (Å²) in [6, 6.07) is 8.68. The summed E-state index contributed by atoms with van der Waals surface area (Å²) in [7, 11) is 0. The molecule has 3 aromatic rings. The van der Waals surface area contributed by atoms with E-state index in [1.165, 1.54) is 24.6 Å². The van der Waals surface area contributed by atoms with Crippen LogP contribution < -0.4 is 0 Å². The molecule has 1 unspecified atom stereocenters. The molecule has 1 nitrogen and oxygen atoms in total. The molecule has 3 aromatic carbocycles. The van der Waals surface area contributed by atoms with E-state index >= 15 is 8.78 Å². The lowest BCUT2D eigenvalue weighted by Gasteiger charge is -2.26. The van der Waals surface area contributed by atoms with Gasteiger partial charge in [-0.1, -0.05) is 50.8 Å². The number of nitriles is 1. The number of hydrogen-bond donors (Lipinski definition) is 0. The van der Waals surface area contributed by atoms with Gasteiger partial charge in [0.25, 0.3) is 0 Å². The van der Waals surface area contributed by atoms with Crippen molar-refractivity contribution in [2.24, 2.45) is 5.92 Å². The fraction of sp³-hybridized carbons (Fsp3) is 0.345. The minimum absolute atomic E-state index is 0.0547. The molecule has 4 rings (SSSR count). The molecule has 182 valence electrons. The van der Waals surface area contributed by atoms with Crippen LogP contribution in [0.4, 0.5) is 17.6 Å². The van der Waals surface area contributed by atoms with Crippen LogP contribution >= 0.6 is 11.8 Å². The Morgan fingerprint density at radius 3 is 2.37 bits per heavy atom. The number of unbranched alkanes of at least 4 members (excludes halogenated alkanes) is 2. The summed E-state index contributed by atoms with van der Waals surface area (Å²) in [6.07, 6.45) is 6.81. The second-order valence-electron chi connectivity index (χ2n) is 9.28. The molecule has 1 aliphatic rings. The second kappa shape index (κ2) is 10.9. The largest absolute Gasteiger partial charge is 0.206 e. The molecule has 0 fully saturated rings. The van der Waals surface area contributed by atoms with Crippen LogP contribution in [0.15, 0.2) is 41.3 Å². The summed E-state index contributed by atoms with van der Waals surface area (Å²) in [5.74, 6) is -2.27. The van der Waals surface area contributed by atoms with Crippen LogP contribution in [0.5, 0.6) is 0 Å². The molecule has 1 aliphatic carbocycles. The van der Waals surface area contributed by atoms with Crippen LogP contribution in [0.25, 0.3) is 22.3 Å². The van der Waals surface area contributed by atoms with Gasteiger partial charge in [0, 0.05) is 0 Å². The molecule has 35 heavy (non-hydrogen) atoms. The van der Waals surface area contributed by atoms with Crippen LogP contribution in [0, 0.1) is 46.8 Å². The van der Waals surface area contributed by atoms with E-state index in [0.717, 1.165) is 31.2 Å². The molecule has 0 heterocycles. The molecule has 6 heteroatoms. The number of hydrogen-bond acceptors (Lipinski definition) is 2. The van der Waals surface area contributed by atoms with Gasteiger partial charge in [-0.2, -0.15) is 5.26 Å². The van der Waals surface area contributed by atoms with Crippen LogP contribution in [0.3, 0.4) is 0 Å². The van der Waals surface area contributed by atoms with Crippen LogP contribution in [-0.2, 0) is 12.8 Å². The van der Waals surface area contributed by atoms with Crippen molar-refractivity contribution < 1.29 is 17.6 Å². The first-order chi connectivity index (χ1) is 16.8. The second-order valence-corrected chi connectivity index (χ2v) is 10.1. The van der Waals surface area contributed by atoms with E-state index in [9.17, 15) is 8.78 Å². The number of nitrogens with zero attached hydrogens (tertiary/aromatic N) is 1. The Morgan fingerprint density at radius 2 is 1.71 bits per heavy atom. The smallest absolute Gasteiger partial charge is 0.141 e. The number of rotatable bonds is 7. The predicted molar refractivity (Wildman–Crippen MR) is 133 cm³/mol. The zero-order chi connectivity index (χ0) is 25.1. The van der Waals surface area contributed by atoms with Gasteiger partial charge >= 0.3 is 0 Å². The lowest BCUT2D eigenvalue weighted by molar-refractivity contribution is 0.399. The van der Waals surface area contributed by atoms with Gasteiger partial charge in [-0.3, -0.25) is 0 Å². The third kappa shape index (κ3) is 5.26. The number of fused-ring (bicyclic) bond motifs is 1. The highest BCUT2D eigenvalue weighted by Gasteiger charge is 2.26. The molecule has 0 radical (unpaired) electrons. The van der Waals surface area contributed by atoms with Crippen molar-refractivity contribution in [1.29, 1.82) is 5.26 Å². The zero-order valence-electron chi connectivity index (χ0n) is 19.9. The Kier molecular flexibility index (Phi) is 7.86. The first-order valence-corrected chi connectivity index (χ1v) is 12.8. The lowest BCUT2D eigenvalue weighted by atomic mass is 9.79. The van der Waals surface area contributed by atoms with E-state index in [1.807, 2.05) is 0 Å². The molecule has 0 saturated carbocycles. The van der Waals surface area contributed by atoms with Gasteiger partial charge < -0.3 is 0 Å². The molecule has 0 spiro atoms. The standard InChI is InChI=1S/C29H27F4NS/c1-3-4-5-6-18-7-9-23-20(12-18)13-24(30)27(28(23)33)19-8-10-22(17(2)11-19)21-14-25(31)29(35-16-34)26(32)15-21/h8,10-11,13-15,18H,3-7,9,12H2,1-2H3. The summed E-state index contributed by atoms with van der Waals surface area (Å²) in [4.78, 5) is -0.351. The van der Waals surface area contributed by atoms with Crippen molar-refractivity contribution >= 4 is 11.8 Å². The molecular weight excluding hydrogens is 470 g/mol. The molecule has 0 aliphatic heterocycles. The Bertz CT molecular complexity index is 1270. The summed E-state index contributed by atoms with van der Waals surface area (Å²) < 4.78 is 59.4. The van der Waals surface area contributed by atoms with E-state index < -0.39 is 23.3 Å². The van der Waals surface area contributed by atoms with Crippen molar-refractivity contribution in [2.75, 3.05) is 0 Å². The van der Waals surface area contributed by atoms with Gasteiger partial charge in [-0.15, -0.1) is 0 Å². The highest BCUT2D eigenvalue weighted by Crippen LogP contribution is 2.38. The number of thioether (sulfide) groups is 1. The number of halogens is 4. The van der Waals surface area contributed by atoms with Gasteiger partial charge in [-0.05, 0) is 95.4 Å². The maximum Gasteiger partial charge on any atom is 0.141 e. The fourth-order valence-electron chi connectivity index (χ4n) is 5.12. The highest BCUT2D eigenvalue weighted by atomic mass is 32.2. The first-order valence-electron chi connectivity index (χ1n) is 12.0. The van der Waals surface area contributed by atoms with Gasteiger partial charge in [0.05, 0.1) is 10.5 Å². The van der Waals surface area contributed by atoms with Gasteiger partial charge in [0.2, 0.25) is 0 Å². The highest BCUT2D eigenvalue weighted by molar-refractivity contribution is 8.03. The monoisotopic (exact) mass is 497 g/mol. The van der Waals surface area contributed by atoms with Gasteiger partial charge in [0.1, 0.15) is 28.7 Å². The van der Waals surface area contributed by atoms with Crippen LogP contribution in [-0.4, -0.2) is 0 Å². The maximum absolute atomic E-state index is 15.5. The molecule has 0 amide bonds. The number of aryl methyl sites for hydroxylation is 1. The average molecular weight is 498 g/mol. The Morgan fingerprint density at radius 1 is 0.971 bits per heavy atom. The first kappa shape index (κ1) is 25.3. The minimum Gasteiger partial charge on any atom is -0.206 e. The summed E-state index contributed by atoms with van der Waals surface area (Å²) >= 11 is 0.428.